The fourth-order valence-electron chi connectivity index (χ4n) is 2.74. The second-order valence-electron chi connectivity index (χ2n) is 6.24. The van der Waals surface area contributed by atoms with Gasteiger partial charge in [0.15, 0.2) is 5.96 Å². The fraction of sp³-hybridized carbons (Fsp3) is 0.444. The van der Waals surface area contributed by atoms with Crippen molar-refractivity contribution in [3.05, 3.63) is 51.4 Å². The van der Waals surface area contributed by atoms with Gasteiger partial charge in [-0.3, -0.25) is 15.1 Å². The van der Waals surface area contributed by atoms with Gasteiger partial charge in [0.25, 0.3) is 5.69 Å². The molecule has 0 fully saturated rings. The Morgan fingerprint density at radius 1 is 1.23 bits per heavy atom. The highest BCUT2D eigenvalue weighted by Gasteiger charge is 2.17. The molecule has 2 rings (SSSR count). The zero-order valence-corrected chi connectivity index (χ0v) is 20.7. The average Bonchev–Trinajstić information content (AvgIpc) is 3.15. The summed E-state index contributed by atoms with van der Waals surface area (Å²) in [6.45, 7) is 4.80. The van der Waals surface area contributed by atoms with Gasteiger partial charge >= 0.3 is 0 Å². The van der Waals surface area contributed by atoms with E-state index in [4.69, 9.17) is 4.52 Å². The molecule has 13 heteroatoms. The van der Waals surface area contributed by atoms with Gasteiger partial charge < -0.3 is 15.2 Å². The number of aryl methyl sites for hydroxylation is 2. The first-order valence-corrected chi connectivity index (χ1v) is 11.0. The zero-order chi connectivity index (χ0) is 22.1. The molecule has 0 amide bonds. The smallest absolute Gasteiger partial charge is 0.270 e. The molecule has 0 bridgehead atoms. The number of non-ortho nitro benzene ring substituents is 1. The van der Waals surface area contributed by atoms with E-state index >= 15 is 0 Å². The number of nitrogens with one attached hydrogen (secondary N) is 3. The maximum absolute atomic E-state index is 12.3. The van der Waals surface area contributed by atoms with Crippen LogP contribution >= 0.6 is 24.0 Å². The lowest BCUT2D eigenvalue weighted by Gasteiger charge is -2.13. The van der Waals surface area contributed by atoms with Crippen molar-refractivity contribution in [2.75, 3.05) is 20.1 Å². The Morgan fingerprint density at radius 2 is 1.97 bits per heavy atom. The highest BCUT2D eigenvalue weighted by molar-refractivity contribution is 14.0. The topological polar surface area (TPSA) is 152 Å². The van der Waals surface area contributed by atoms with Crippen molar-refractivity contribution in [3.8, 4) is 0 Å². The number of nitrogens with zero attached hydrogens (tertiary/aromatic N) is 3. The van der Waals surface area contributed by atoms with Crippen LogP contribution in [0.3, 0.4) is 0 Å². The van der Waals surface area contributed by atoms with Gasteiger partial charge in [0.05, 0.1) is 15.5 Å². The summed E-state index contributed by atoms with van der Waals surface area (Å²) in [7, 11) is -2.25. The zero-order valence-electron chi connectivity index (χ0n) is 17.5. The Labute approximate surface area is 198 Å². The molecule has 0 aliphatic carbocycles. The highest BCUT2D eigenvalue weighted by Crippen LogP contribution is 2.17. The molecule has 172 valence electrons. The number of hydrogen-bond acceptors (Lipinski definition) is 7. The standard InChI is InChI=1S/C18H26N6O5S.HI/c1-4-16-15(17(5-2)29-23-16)12-21-18(19-3)20-9-10-22-30(27,28)14-8-6-7-13(11-14)24(25)26;/h6-8,11,22H,4-5,9-10,12H2,1-3H3,(H2,19,20,21);1H. The molecule has 0 radical (unpaired) electrons. The van der Waals surface area contributed by atoms with Crippen LogP contribution < -0.4 is 15.4 Å². The summed E-state index contributed by atoms with van der Waals surface area (Å²) in [5, 5.41) is 21.1. The van der Waals surface area contributed by atoms with E-state index in [2.05, 4.69) is 25.5 Å². The SMILES string of the molecule is CCc1noc(CC)c1CNC(=NC)NCCNS(=O)(=O)c1cccc([N+](=O)[O-])c1.I. The van der Waals surface area contributed by atoms with Crippen molar-refractivity contribution in [1.82, 2.24) is 20.5 Å². The van der Waals surface area contributed by atoms with Crippen LogP contribution in [0.15, 0.2) is 38.7 Å². The number of benzene rings is 1. The first-order valence-electron chi connectivity index (χ1n) is 9.47. The molecule has 0 atom stereocenters. The number of guanidine groups is 1. The fourth-order valence-corrected chi connectivity index (χ4v) is 3.82. The number of sulfonamides is 1. The molecule has 1 aromatic heterocycles. The number of rotatable bonds is 10. The summed E-state index contributed by atoms with van der Waals surface area (Å²) in [5.74, 6) is 1.31. The van der Waals surface area contributed by atoms with E-state index in [9.17, 15) is 18.5 Å². The number of aromatic nitrogens is 1. The molecular formula is C18H27IN6O5S. The van der Waals surface area contributed by atoms with Gasteiger partial charge in [-0.05, 0) is 12.5 Å². The van der Waals surface area contributed by atoms with Crippen molar-refractivity contribution < 1.29 is 17.9 Å². The normalized spacial score (nSPS) is 11.6. The Balaban J connectivity index is 0.00000480. The Hall–Kier alpha value is -2.26. The van der Waals surface area contributed by atoms with E-state index in [1.54, 1.807) is 7.05 Å². The van der Waals surface area contributed by atoms with Crippen molar-refractivity contribution in [3.63, 3.8) is 0 Å². The van der Waals surface area contributed by atoms with Gasteiger partial charge in [-0.25, -0.2) is 13.1 Å². The lowest BCUT2D eigenvalue weighted by molar-refractivity contribution is -0.385. The molecule has 2 aromatic rings. The third-order valence-corrected chi connectivity index (χ3v) is 5.77. The monoisotopic (exact) mass is 566 g/mol. The minimum absolute atomic E-state index is 0. The summed E-state index contributed by atoms with van der Waals surface area (Å²) in [6.07, 6.45) is 1.49. The first-order chi connectivity index (χ1) is 14.3. The Morgan fingerprint density at radius 3 is 2.58 bits per heavy atom. The van der Waals surface area contributed by atoms with Crippen LogP contribution in [-0.2, 0) is 29.4 Å². The minimum Gasteiger partial charge on any atom is -0.361 e. The van der Waals surface area contributed by atoms with Crippen LogP contribution in [0.2, 0.25) is 0 Å². The van der Waals surface area contributed by atoms with Crippen LogP contribution in [0, 0.1) is 10.1 Å². The van der Waals surface area contributed by atoms with Crippen LogP contribution in [0.5, 0.6) is 0 Å². The lowest BCUT2D eigenvalue weighted by Crippen LogP contribution is -2.41. The van der Waals surface area contributed by atoms with E-state index in [0.717, 1.165) is 35.9 Å². The maximum atomic E-state index is 12.3. The van der Waals surface area contributed by atoms with Gasteiger partial charge in [-0.1, -0.05) is 25.1 Å². The molecule has 0 spiro atoms. The van der Waals surface area contributed by atoms with Gasteiger partial charge in [-0.15, -0.1) is 24.0 Å². The van der Waals surface area contributed by atoms with Crippen LogP contribution in [-0.4, -0.2) is 44.6 Å². The van der Waals surface area contributed by atoms with Gasteiger partial charge in [-0.2, -0.15) is 0 Å². The Kier molecular flexibility index (Phi) is 10.8. The quantitative estimate of drug-likeness (QED) is 0.0987. The molecule has 0 saturated carbocycles. The molecule has 0 saturated heterocycles. The average molecular weight is 566 g/mol. The largest absolute Gasteiger partial charge is 0.361 e. The van der Waals surface area contributed by atoms with Crippen LogP contribution in [0.25, 0.3) is 0 Å². The number of nitro benzene ring substituents is 1. The number of nitro groups is 1. The van der Waals surface area contributed by atoms with E-state index in [0.29, 0.717) is 12.5 Å². The lowest BCUT2D eigenvalue weighted by atomic mass is 10.1. The third-order valence-electron chi connectivity index (χ3n) is 4.31. The molecule has 31 heavy (non-hydrogen) atoms. The number of hydrogen-bond donors (Lipinski definition) is 3. The second kappa shape index (κ2) is 12.6. The number of halogens is 1. The van der Waals surface area contributed by atoms with Crippen molar-refractivity contribution in [1.29, 1.82) is 0 Å². The molecule has 3 N–H and O–H groups in total. The molecule has 0 aliphatic rings. The second-order valence-corrected chi connectivity index (χ2v) is 8.01. The van der Waals surface area contributed by atoms with Crippen molar-refractivity contribution in [2.45, 2.75) is 38.1 Å². The van der Waals surface area contributed by atoms with E-state index in [-0.39, 0.29) is 47.6 Å². The Bertz CT molecular complexity index is 987. The van der Waals surface area contributed by atoms with Crippen molar-refractivity contribution >= 4 is 45.6 Å². The molecule has 11 nitrogen and oxygen atoms in total. The molecule has 1 aromatic carbocycles. The predicted octanol–water partition coefficient (Wildman–Crippen LogP) is 1.97. The first kappa shape index (κ1) is 26.8. The van der Waals surface area contributed by atoms with E-state index < -0.39 is 14.9 Å². The van der Waals surface area contributed by atoms with E-state index in [1.165, 1.54) is 18.2 Å². The van der Waals surface area contributed by atoms with Gasteiger partial charge in [0.2, 0.25) is 10.0 Å². The predicted molar refractivity (Wildman–Crippen MR) is 127 cm³/mol. The van der Waals surface area contributed by atoms with Crippen molar-refractivity contribution in [2.24, 2.45) is 4.99 Å². The van der Waals surface area contributed by atoms with E-state index in [1.807, 2.05) is 13.8 Å². The summed E-state index contributed by atoms with van der Waals surface area (Å²) in [4.78, 5) is 14.1. The molecule has 0 aliphatic heterocycles. The maximum Gasteiger partial charge on any atom is 0.270 e. The summed E-state index contributed by atoms with van der Waals surface area (Å²) in [6, 6.07) is 4.89. The minimum atomic E-state index is -3.86. The highest BCUT2D eigenvalue weighted by atomic mass is 127. The summed E-state index contributed by atoms with van der Waals surface area (Å²) < 4.78 is 32.4. The summed E-state index contributed by atoms with van der Waals surface area (Å²) in [5.41, 5.74) is 1.60. The van der Waals surface area contributed by atoms with Gasteiger partial charge in [0, 0.05) is 50.8 Å². The van der Waals surface area contributed by atoms with Gasteiger partial charge in [0.1, 0.15) is 5.76 Å². The van der Waals surface area contributed by atoms with Crippen LogP contribution in [0.4, 0.5) is 5.69 Å². The summed E-state index contributed by atoms with van der Waals surface area (Å²) >= 11 is 0. The molecular weight excluding hydrogens is 539 g/mol. The third kappa shape index (κ3) is 7.43. The molecule has 0 unspecified atom stereocenters. The molecule has 1 heterocycles. The number of aliphatic imine (C=N–C) groups is 1. The van der Waals surface area contributed by atoms with Crippen LogP contribution in [0.1, 0.15) is 30.9 Å².